The number of morpholine rings is 1. The van der Waals surface area contributed by atoms with E-state index in [-0.39, 0.29) is 56.1 Å². The van der Waals surface area contributed by atoms with Gasteiger partial charge in [0.15, 0.2) is 5.69 Å². The third kappa shape index (κ3) is 3.49. The highest BCUT2D eigenvalue weighted by Gasteiger charge is 2.88. The van der Waals surface area contributed by atoms with E-state index in [4.69, 9.17) is 9.47 Å². The van der Waals surface area contributed by atoms with Crippen LogP contribution in [0.5, 0.6) is 0 Å². The number of alkyl halides is 6. The zero-order valence-electron chi connectivity index (χ0n) is 20.1. The lowest BCUT2D eigenvalue weighted by molar-refractivity contribution is -0.143. The number of aliphatic hydroxyl groups is 1. The number of ether oxygens (including phenoxy) is 2. The summed E-state index contributed by atoms with van der Waals surface area (Å²) in [4.78, 5) is 15.2. The standard InChI is InChI=1S/C24H24F6N4O4/c1-33-10-14(18(32-33)24(28,29)30)21-11-22(21,17-9-16(35)19(21)38-17)20(36)31-12-2-3-15(13(8-12)23(25,26)27)34-4-6-37-7-5-34/h2-3,8,10,16-17,19,35H,4-7,9,11H2,1H3,(H,31,36)/t16-,17+,19-,21+,22+/m0/s1. The highest BCUT2D eigenvalue weighted by atomic mass is 19.4. The molecular formula is C24H24F6N4O4. The van der Waals surface area contributed by atoms with E-state index in [0.29, 0.717) is 0 Å². The number of nitrogens with zero attached hydrogens (tertiary/aromatic N) is 3. The van der Waals surface area contributed by atoms with E-state index in [9.17, 15) is 36.2 Å². The van der Waals surface area contributed by atoms with Gasteiger partial charge in [0.25, 0.3) is 0 Å². The number of aromatic nitrogens is 2. The minimum atomic E-state index is -4.82. The van der Waals surface area contributed by atoms with Crippen molar-refractivity contribution in [3.05, 3.63) is 41.2 Å². The van der Waals surface area contributed by atoms with Crippen molar-refractivity contribution in [2.75, 3.05) is 36.5 Å². The third-order valence-corrected chi connectivity index (χ3v) is 8.27. The number of aryl methyl sites for hydroxylation is 1. The van der Waals surface area contributed by atoms with Crippen LogP contribution in [0, 0.1) is 5.41 Å². The first-order valence-electron chi connectivity index (χ1n) is 12.1. The van der Waals surface area contributed by atoms with E-state index >= 15 is 0 Å². The van der Waals surface area contributed by atoms with E-state index in [2.05, 4.69) is 10.4 Å². The van der Waals surface area contributed by atoms with Crippen LogP contribution >= 0.6 is 0 Å². The quantitative estimate of drug-likeness (QED) is 0.574. The summed E-state index contributed by atoms with van der Waals surface area (Å²) >= 11 is 0. The lowest BCUT2D eigenvalue weighted by Crippen LogP contribution is -2.45. The van der Waals surface area contributed by atoms with Crippen LogP contribution in [0.2, 0.25) is 0 Å². The van der Waals surface area contributed by atoms with Crippen LogP contribution in [0.25, 0.3) is 0 Å². The van der Waals surface area contributed by atoms with Crippen LogP contribution in [0.4, 0.5) is 37.7 Å². The van der Waals surface area contributed by atoms with Crippen molar-refractivity contribution in [1.82, 2.24) is 9.78 Å². The Kier molecular flexibility index (Phi) is 5.41. The molecule has 38 heavy (non-hydrogen) atoms. The van der Waals surface area contributed by atoms with Crippen LogP contribution in [0.1, 0.15) is 29.7 Å². The Hall–Kier alpha value is -2.84. The molecule has 3 saturated heterocycles. The first-order chi connectivity index (χ1) is 17.8. The van der Waals surface area contributed by atoms with Crippen LogP contribution < -0.4 is 10.2 Å². The molecule has 2 bridgehead atoms. The van der Waals surface area contributed by atoms with Gasteiger partial charge in [-0.2, -0.15) is 31.4 Å². The molecular weight excluding hydrogens is 522 g/mol. The molecule has 5 atom stereocenters. The third-order valence-electron chi connectivity index (χ3n) is 8.27. The number of carbonyl (C=O) groups is 1. The van der Waals surface area contributed by atoms with Crippen molar-refractivity contribution in [2.45, 2.75) is 48.9 Å². The molecule has 0 unspecified atom stereocenters. The van der Waals surface area contributed by atoms with E-state index in [1.165, 1.54) is 25.4 Å². The maximum atomic E-state index is 14.0. The van der Waals surface area contributed by atoms with Crippen LogP contribution in [0.3, 0.4) is 0 Å². The second-order valence-corrected chi connectivity index (χ2v) is 10.3. The van der Waals surface area contributed by atoms with Gasteiger partial charge in [0.05, 0.1) is 42.5 Å². The second kappa shape index (κ2) is 8.09. The summed E-state index contributed by atoms with van der Waals surface area (Å²) < 4.78 is 95.5. The molecule has 1 aromatic heterocycles. The Labute approximate surface area is 212 Å². The van der Waals surface area contributed by atoms with E-state index in [1.807, 2.05) is 0 Å². The minimum absolute atomic E-state index is 0.0330. The molecule has 14 heteroatoms. The maximum Gasteiger partial charge on any atom is 0.435 e. The molecule has 206 valence electrons. The van der Waals surface area contributed by atoms with E-state index in [0.717, 1.165) is 10.7 Å². The first kappa shape index (κ1) is 25.4. The molecule has 4 aliphatic rings. The van der Waals surface area contributed by atoms with Gasteiger partial charge in [0, 0.05) is 55.1 Å². The van der Waals surface area contributed by atoms with Gasteiger partial charge < -0.3 is 24.8 Å². The van der Waals surface area contributed by atoms with Gasteiger partial charge in [0.2, 0.25) is 5.91 Å². The number of anilines is 2. The van der Waals surface area contributed by atoms with Crippen molar-refractivity contribution >= 4 is 17.3 Å². The molecule has 0 spiro atoms. The average molecular weight is 546 g/mol. The van der Waals surface area contributed by atoms with Gasteiger partial charge in [-0.3, -0.25) is 9.48 Å². The first-order valence-corrected chi connectivity index (χ1v) is 12.1. The van der Waals surface area contributed by atoms with Crippen molar-refractivity contribution < 1.29 is 45.7 Å². The summed E-state index contributed by atoms with van der Waals surface area (Å²) in [5, 5.41) is 16.6. The number of benzene rings is 1. The highest BCUT2D eigenvalue weighted by molar-refractivity contribution is 6.01. The topological polar surface area (TPSA) is 88.9 Å². The number of hydrogen-bond acceptors (Lipinski definition) is 6. The molecule has 1 aromatic carbocycles. The fourth-order valence-electron chi connectivity index (χ4n) is 6.68. The number of fused-ring (bicyclic) bond motifs is 5. The fraction of sp³-hybridized carbons (Fsp3) is 0.583. The summed E-state index contributed by atoms with van der Waals surface area (Å²) in [6.07, 6.45) is -11.4. The lowest BCUT2D eigenvalue weighted by Gasteiger charge is -2.31. The lowest BCUT2D eigenvalue weighted by atomic mass is 9.73. The molecule has 1 aliphatic carbocycles. The predicted molar refractivity (Wildman–Crippen MR) is 119 cm³/mol. The molecule has 6 rings (SSSR count). The van der Waals surface area contributed by atoms with Crippen molar-refractivity contribution in [3.8, 4) is 0 Å². The van der Waals surface area contributed by atoms with Gasteiger partial charge in [-0.05, 0) is 24.6 Å². The molecule has 2 N–H and O–H groups in total. The molecule has 4 heterocycles. The number of amides is 1. The smallest absolute Gasteiger partial charge is 0.390 e. The summed E-state index contributed by atoms with van der Waals surface area (Å²) in [5.74, 6) is -0.749. The van der Waals surface area contributed by atoms with E-state index < -0.39 is 58.7 Å². The monoisotopic (exact) mass is 546 g/mol. The van der Waals surface area contributed by atoms with Crippen molar-refractivity contribution in [1.29, 1.82) is 0 Å². The minimum Gasteiger partial charge on any atom is -0.390 e. The number of aliphatic hydroxyl groups excluding tert-OH is 1. The predicted octanol–water partition coefficient (Wildman–Crippen LogP) is 3.09. The number of carbonyl (C=O) groups excluding carboxylic acids is 1. The summed E-state index contributed by atoms with van der Waals surface area (Å²) in [5.41, 5.74) is -5.54. The Bertz CT molecular complexity index is 1290. The Balaban J connectivity index is 1.36. The summed E-state index contributed by atoms with van der Waals surface area (Å²) in [6, 6.07) is 3.44. The maximum absolute atomic E-state index is 14.0. The van der Waals surface area contributed by atoms with Gasteiger partial charge >= 0.3 is 12.4 Å². The summed E-state index contributed by atoms with van der Waals surface area (Å²) in [7, 11) is 1.32. The zero-order chi connectivity index (χ0) is 27.3. The molecule has 0 radical (unpaired) electrons. The molecule has 2 aromatic rings. The van der Waals surface area contributed by atoms with Gasteiger partial charge in [0.1, 0.15) is 0 Å². The van der Waals surface area contributed by atoms with Gasteiger partial charge in [-0.25, -0.2) is 0 Å². The molecule has 3 aliphatic heterocycles. The number of nitrogens with one attached hydrogen (secondary N) is 1. The Morgan fingerprint density at radius 1 is 1.16 bits per heavy atom. The Morgan fingerprint density at radius 2 is 1.87 bits per heavy atom. The Morgan fingerprint density at radius 3 is 2.53 bits per heavy atom. The molecule has 1 amide bonds. The van der Waals surface area contributed by atoms with Gasteiger partial charge in [-0.15, -0.1) is 0 Å². The normalized spacial score (nSPS) is 32.4. The van der Waals surface area contributed by atoms with Crippen molar-refractivity contribution in [2.24, 2.45) is 12.5 Å². The summed E-state index contributed by atoms with van der Waals surface area (Å²) in [6.45, 7) is 1.11. The SMILES string of the molecule is Cn1cc([C@@]23C[C@]2(C(=O)Nc2ccc(N4CCOCC4)c(C(F)(F)F)c2)[C@H]2C[C@H](O)[C@@H]3O2)c(C(F)(F)F)n1. The van der Waals surface area contributed by atoms with E-state index in [1.54, 1.807) is 4.90 Å². The zero-order valence-corrected chi connectivity index (χ0v) is 20.1. The highest BCUT2D eigenvalue weighted by Crippen LogP contribution is 2.78. The second-order valence-electron chi connectivity index (χ2n) is 10.3. The number of halogens is 6. The van der Waals surface area contributed by atoms with Crippen LogP contribution in [0.15, 0.2) is 24.4 Å². The number of rotatable bonds is 4. The molecule has 1 saturated carbocycles. The fourth-order valence-corrected chi connectivity index (χ4v) is 6.68. The molecule has 8 nitrogen and oxygen atoms in total. The largest absolute Gasteiger partial charge is 0.435 e. The van der Waals surface area contributed by atoms with Crippen LogP contribution in [-0.2, 0) is 39.1 Å². The number of hydrogen-bond donors (Lipinski definition) is 2. The molecule has 4 fully saturated rings. The average Bonchev–Trinajstić information content (AvgIpc) is 3.05. The van der Waals surface area contributed by atoms with Crippen molar-refractivity contribution in [3.63, 3.8) is 0 Å². The van der Waals surface area contributed by atoms with Crippen LogP contribution in [-0.4, -0.2) is 65.4 Å². The van der Waals surface area contributed by atoms with Gasteiger partial charge in [-0.1, -0.05) is 0 Å².